The van der Waals surface area contributed by atoms with E-state index in [1.807, 2.05) is 36.4 Å². The van der Waals surface area contributed by atoms with Gasteiger partial charge in [-0.05, 0) is 61.2 Å². The van der Waals surface area contributed by atoms with Gasteiger partial charge in [-0.25, -0.2) is 4.98 Å². The van der Waals surface area contributed by atoms with Crippen LogP contribution in [0.3, 0.4) is 0 Å². The van der Waals surface area contributed by atoms with Gasteiger partial charge < -0.3 is 15.0 Å². The van der Waals surface area contributed by atoms with Crippen LogP contribution in [0, 0.1) is 0 Å². The summed E-state index contributed by atoms with van der Waals surface area (Å²) in [5, 5.41) is 4.06. The first-order valence-electron chi connectivity index (χ1n) is 9.49. The Morgan fingerprint density at radius 1 is 1.11 bits per heavy atom. The molecule has 0 unspecified atom stereocenters. The summed E-state index contributed by atoms with van der Waals surface area (Å²) >= 11 is 1.71. The van der Waals surface area contributed by atoms with E-state index < -0.39 is 0 Å². The van der Waals surface area contributed by atoms with E-state index in [2.05, 4.69) is 10.2 Å². The number of hydrogen-bond donors (Lipinski definition) is 1. The van der Waals surface area contributed by atoms with Gasteiger partial charge in [-0.2, -0.15) is 0 Å². The van der Waals surface area contributed by atoms with Gasteiger partial charge in [-0.1, -0.05) is 11.3 Å². The fraction of sp³-hybridized carbons (Fsp3) is 0.333. The van der Waals surface area contributed by atoms with Gasteiger partial charge >= 0.3 is 0 Å². The molecule has 5 rings (SSSR count). The third kappa shape index (κ3) is 3.25. The zero-order chi connectivity index (χ0) is 18.2. The van der Waals surface area contributed by atoms with Gasteiger partial charge in [0.1, 0.15) is 5.75 Å². The summed E-state index contributed by atoms with van der Waals surface area (Å²) in [5.74, 6) is 0.811. The Bertz CT molecular complexity index is 1010. The maximum Gasteiger partial charge on any atom is 0.255 e. The van der Waals surface area contributed by atoms with Crippen molar-refractivity contribution in [1.29, 1.82) is 0 Å². The van der Waals surface area contributed by atoms with Crippen molar-refractivity contribution in [3.8, 4) is 5.75 Å². The van der Waals surface area contributed by atoms with Gasteiger partial charge in [0.25, 0.3) is 5.91 Å². The molecule has 2 aliphatic rings. The minimum Gasteiger partial charge on any atom is -0.493 e. The molecule has 27 heavy (non-hydrogen) atoms. The quantitative estimate of drug-likeness (QED) is 0.729. The number of carbonyl (C=O) groups excluding carboxylic acids is 1. The van der Waals surface area contributed by atoms with Crippen LogP contribution in [0.1, 0.15) is 35.2 Å². The molecule has 1 aromatic heterocycles. The first-order valence-corrected chi connectivity index (χ1v) is 10.3. The molecule has 0 atom stereocenters. The number of ether oxygens (including phenoxy) is 1. The molecule has 2 aromatic carbocycles. The molecule has 0 saturated carbocycles. The van der Waals surface area contributed by atoms with Gasteiger partial charge in [0.05, 0.1) is 16.8 Å². The molecule has 2 aliphatic heterocycles. The average Bonchev–Trinajstić information content (AvgIpc) is 3.34. The van der Waals surface area contributed by atoms with Crippen molar-refractivity contribution in [2.24, 2.45) is 0 Å². The summed E-state index contributed by atoms with van der Waals surface area (Å²) < 4.78 is 6.65. The number of fused-ring (bicyclic) bond motifs is 2. The van der Waals surface area contributed by atoms with E-state index in [1.54, 1.807) is 11.3 Å². The van der Waals surface area contributed by atoms with Gasteiger partial charge in [0.2, 0.25) is 0 Å². The Morgan fingerprint density at radius 3 is 2.89 bits per heavy atom. The molecule has 6 heteroatoms. The molecule has 0 radical (unpaired) electrons. The largest absolute Gasteiger partial charge is 0.493 e. The number of aromatic nitrogens is 1. The lowest BCUT2D eigenvalue weighted by molar-refractivity contribution is 0.102. The second-order valence-corrected chi connectivity index (χ2v) is 8.11. The number of amides is 1. The van der Waals surface area contributed by atoms with Gasteiger partial charge in [-0.15, -0.1) is 0 Å². The smallest absolute Gasteiger partial charge is 0.255 e. The third-order valence-corrected chi connectivity index (χ3v) is 6.31. The fourth-order valence-electron chi connectivity index (χ4n) is 3.74. The highest BCUT2D eigenvalue weighted by Gasteiger charge is 2.17. The lowest BCUT2D eigenvalue weighted by atomic mass is 10.1. The first-order chi connectivity index (χ1) is 13.3. The molecular weight excluding hydrogens is 358 g/mol. The van der Waals surface area contributed by atoms with Crippen LogP contribution in [0.4, 0.5) is 10.8 Å². The summed E-state index contributed by atoms with van der Waals surface area (Å²) in [4.78, 5) is 19.8. The van der Waals surface area contributed by atoms with Gasteiger partial charge in [0.15, 0.2) is 5.13 Å². The molecule has 5 nitrogen and oxygen atoms in total. The van der Waals surface area contributed by atoms with Crippen molar-refractivity contribution < 1.29 is 9.53 Å². The monoisotopic (exact) mass is 379 g/mol. The van der Waals surface area contributed by atoms with Gasteiger partial charge in [-0.3, -0.25) is 4.79 Å². The van der Waals surface area contributed by atoms with E-state index in [1.165, 1.54) is 19.3 Å². The van der Waals surface area contributed by atoms with Crippen LogP contribution in [0.5, 0.6) is 5.75 Å². The normalized spacial score (nSPS) is 16.2. The van der Waals surface area contributed by atoms with Crippen molar-refractivity contribution in [3.05, 3.63) is 47.5 Å². The van der Waals surface area contributed by atoms with E-state index in [4.69, 9.17) is 9.72 Å². The number of nitrogens with zero attached hydrogens (tertiary/aromatic N) is 2. The standard InChI is InChI=1S/C21H21N3O2S/c25-20(22-16-5-6-18-14(12-16)8-11-26-18)15-4-7-19-17(13-15)23-21(27-19)24-9-2-1-3-10-24/h4-7,12-13H,1-3,8-11H2,(H,22,25). The molecule has 1 N–H and O–H groups in total. The molecule has 0 spiro atoms. The van der Waals surface area contributed by atoms with E-state index in [-0.39, 0.29) is 5.91 Å². The Hall–Kier alpha value is -2.60. The SMILES string of the molecule is O=C(Nc1ccc2c(c1)CCO2)c1ccc2sc(N3CCCCC3)nc2c1. The van der Waals surface area contributed by atoms with Gasteiger partial charge in [0, 0.05) is 30.8 Å². The van der Waals surface area contributed by atoms with Crippen molar-refractivity contribution >= 4 is 38.3 Å². The molecule has 1 saturated heterocycles. The van der Waals surface area contributed by atoms with E-state index >= 15 is 0 Å². The zero-order valence-corrected chi connectivity index (χ0v) is 15.8. The predicted octanol–water partition coefficient (Wildman–Crippen LogP) is 4.47. The van der Waals surface area contributed by atoms with Crippen LogP contribution in [0.15, 0.2) is 36.4 Å². The van der Waals surface area contributed by atoms with Crippen molar-refractivity contribution in [2.75, 3.05) is 29.9 Å². The Kier molecular flexibility index (Phi) is 4.20. The molecule has 3 heterocycles. The van der Waals surface area contributed by atoms with Crippen LogP contribution in [0.2, 0.25) is 0 Å². The number of nitrogens with one attached hydrogen (secondary N) is 1. The van der Waals surface area contributed by atoms with Crippen molar-refractivity contribution in [3.63, 3.8) is 0 Å². The second kappa shape index (κ2) is 6.85. The molecular formula is C21H21N3O2S. The highest BCUT2D eigenvalue weighted by molar-refractivity contribution is 7.22. The number of piperidine rings is 1. The molecule has 138 valence electrons. The van der Waals surface area contributed by atoms with E-state index in [0.717, 1.165) is 51.9 Å². The molecule has 0 bridgehead atoms. The van der Waals surface area contributed by atoms with Crippen LogP contribution in [0.25, 0.3) is 10.2 Å². The number of benzene rings is 2. The topological polar surface area (TPSA) is 54.5 Å². The lowest BCUT2D eigenvalue weighted by Crippen LogP contribution is -2.29. The number of carbonyl (C=O) groups is 1. The lowest BCUT2D eigenvalue weighted by Gasteiger charge is -2.25. The van der Waals surface area contributed by atoms with E-state index in [9.17, 15) is 4.79 Å². The van der Waals surface area contributed by atoms with Crippen LogP contribution in [-0.2, 0) is 6.42 Å². The summed E-state index contributed by atoms with van der Waals surface area (Å²) in [7, 11) is 0. The minimum absolute atomic E-state index is 0.108. The average molecular weight is 379 g/mol. The summed E-state index contributed by atoms with van der Waals surface area (Å²) in [6, 6.07) is 11.6. The Morgan fingerprint density at radius 2 is 2.00 bits per heavy atom. The fourth-order valence-corrected chi connectivity index (χ4v) is 4.74. The number of anilines is 2. The van der Waals surface area contributed by atoms with Crippen LogP contribution >= 0.6 is 11.3 Å². The molecule has 1 fully saturated rings. The molecule has 3 aromatic rings. The number of rotatable bonds is 3. The number of hydrogen-bond acceptors (Lipinski definition) is 5. The highest BCUT2D eigenvalue weighted by atomic mass is 32.1. The van der Waals surface area contributed by atoms with E-state index in [0.29, 0.717) is 12.2 Å². The number of thiazole rings is 1. The van der Waals surface area contributed by atoms with Crippen molar-refractivity contribution in [2.45, 2.75) is 25.7 Å². The maximum atomic E-state index is 12.7. The maximum absolute atomic E-state index is 12.7. The second-order valence-electron chi connectivity index (χ2n) is 7.10. The Balaban J connectivity index is 1.36. The first kappa shape index (κ1) is 16.6. The summed E-state index contributed by atoms with van der Waals surface area (Å²) in [6.45, 7) is 2.87. The minimum atomic E-state index is -0.108. The molecule has 0 aliphatic carbocycles. The zero-order valence-electron chi connectivity index (χ0n) is 15.0. The van der Waals surface area contributed by atoms with Crippen molar-refractivity contribution in [1.82, 2.24) is 4.98 Å². The van der Waals surface area contributed by atoms with Crippen LogP contribution in [-0.4, -0.2) is 30.6 Å². The summed E-state index contributed by atoms with van der Waals surface area (Å²) in [6.07, 6.45) is 4.66. The third-order valence-electron chi connectivity index (χ3n) is 5.21. The summed E-state index contributed by atoms with van der Waals surface area (Å²) in [5.41, 5.74) is 3.48. The molecule has 1 amide bonds. The Labute approximate surface area is 162 Å². The highest BCUT2D eigenvalue weighted by Crippen LogP contribution is 2.31. The predicted molar refractivity (Wildman–Crippen MR) is 109 cm³/mol. The van der Waals surface area contributed by atoms with Crippen LogP contribution < -0.4 is 15.0 Å².